The standard InChI is InChI=1S/C15H15F2N3/c1-9(2)13-6-11-4-3-10(5-14(11)19-13)12-7-18-20(8-12)15(16)17/h3-9,15,19H,1-2H3. The zero-order chi connectivity index (χ0) is 14.3. The number of rotatable bonds is 3. The van der Waals surface area contributed by atoms with Crippen molar-refractivity contribution in [3.05, 3.63) is 42.4 Å². The second-order valence-electron chi connectivity index (χ2n) is 5.17. The number of benzene rings is 1. The van der Waals surface area contributed by atoms with Gasteiger partial charge < -0.3 is 4.98 Å². The van der Waals surface area contributed by atoms with Gasteiger partial charge in [-0.05, 0) is 29.0 Å². The molecule has 2 heterocycles. The lowest BCUT2D eigenvalue weighted by atomic mass is 10.1. The second-order valence-corrected chi connectivity index (χ2v) is 5.17. The van der Waals surface area contributed by atoms with Crippen LogP contribution in [0.25, 0.3) is 22.0 Å². The fourth-order valence-electron chi connectivity index (χ4n) is 2.23. The molecule has 0 unspecified atom stereocenters. The molecule has 0 aliphatic rings. The molecule has 0 radical (unpaired) electrons. The molecule has 0 atom stereocenters. The highest BCUT2D eigenvalue weighted by Gasteiger charge is 2.10. The summed E-state index contributed by atoms with van der Waals surface area (Å²) in [5, 5.41) is 4.79. The number of fused-ring (bicyclic) bond motifs is 1. The first-order chi connectivity index (χ1) is 9.54. The van der Waals surface area contributed by atoms with Gasteiger partial charge >= 0.3 is 6.55 Å². The van der Waals surface area contributed by atoms with Crippen LogP contribution < -0.4 is 0 Å². The molecular weight excluding hydrogens is 260 g/mol. The van der Waals surface area contributed by atoms with Crippen LogP contribution in [0.4, 0.5) is 8.78 Å². The third-order valence-corrected chi connectivity index (χ3v) is 3.40. The quantitative estimate of drug-likeness (QED) is 0.747. The number of hydrogen-bond donors (Lipinski definition) is 1. The Kier molecular flexibility index (Phi) is 3.04. The molecule has 0 bridgehead atoms. The molecule has 0 amide bonds. The van der Waals surface area contributed by atoms with Crippen LogP contribution in [0.5, 0.6) is 0 Å². The molecule has 1 N–H and O–H groups in total. The van der Waals surface area contributed by atoms with Gasteiger partial charge in [-0.3, -0.25) is 0 Å². The van der Waals surface area contributed by atoms with Crippen molar-refractivity contribution in [2.24, 2.45) is 0 Å². The first-order valence-corrected chi connectivity index (χ1v) is 6.50. The van der Waals surface area contributed by atoms with E-state index in [9.17, 15) is 8.78 Å². The van der Waals surface area contributed by atoms with Gasteiger partial charge in [-0.25, -0.2) is 4.68 Å². The van der Waals surface area contributed by atoms with Gasteiger partial charge in [0.15, 0.2) is 0 Å². The highest BCUT2D eigenvalue weighted by atomic mass is 19.3. The fraction of sp³-hybridized carbons (Fsp3) is 0.267. The summed E-state index contributed by atoms with van der Waals surface area (Å²) < 4.78 is 25.7. The number of aromatic nitrogens is 3. The Balaban J connectivity index is 2.03. The van der Waals surface area contributed by atoms with E-state index in [0.29, 0.717) is 16.2 Å². The maximum absolute atomic E-state index is 12.5. The lowest BCUT2D eigenvalue weighted by Gasteiger charge is -1.99. The minimum absolute atomic E-state index is 0.424. The summed E-state index contributed by atoms with van der Waals surface area (Å²) in [5.74, 6) is 0.424. The summed E-state index contributed by atoms with van der Waals surface area (Å²) in [6, 6.07) is 8.00. The highest BCUT2D eigenvalue weighted by molar-refractivity contribution is 5.85. The molecule has 0 spiro atoms. The minimum atomic E-state index is -2.61. The summed E-state index contributed by atoms with van der Waals surface area (Å²) in [4.78, 5) is 3.36. The molecule has 20 heavy (non-hydrogen) atoms. The van der Waals surface area contributed by atoms with Crippen LogP contribution in [0.1, 0.15) is 32.0 Å². The molecule has 0 saturated carbocycles. The second kappa shape index (κ2) is 4.74. The van der Waals surface area contributed by atoms with Crippen molar-refractivity contribution < 1.29 is 8.78 Å². The van der Waals surface area contributed by atoms with Crippen molar-refractivity contribution in [1.29, 1.82) is 0 Å². The lowest BCUT2D eigenvalue weighted by molar-refractivity contribution is 0.0566. The number of nitrogens with one attached hydrogen (secondary N) is 1. The number of aromatic amines is 1. The molecule has 3 nitrogen and oxygen atoms in total. The topological polar surface area (TPSA) is 33.6 Å². The van der Waals surface area contributed by atoms with Gasteiger partial charge in [0.25, 0.3) is 0 Å². The summed E-state index contributed by atoms with van der Waals surface area (Å²) in [6.45, 7) is 1.64. The normalized spacial score (nSPS) is 11.9. The van der Waals surface area contributed by atoms with E-state index >= 15 is 0 Å². The summed E-state index contributed by atoms with van der Waals surface area (Å²) >= 11 is 0. The van der Waals surface area contributed by atoms with E-state index in [4.69, 9.17) is 0 Å². The zero-order valence-electron chi connectivity index (χ0n) is 11.3. The largest absolute Gasteiger partial charge is 0.358 e. The van der Waals surface area contributed by atoms with E-state index in [-0.39, 0.29) is 0 Å². The number of hydrogen-bond acceptors (Lipinski definition) is 1. The van der Waals surface area contributed by atoms with Crippen molar-refractivity contribution in [3.8, 4) is 11.1 Å². The third kappa shape index (κ3) is 2.19. The molecule has 0 saturated heterocycles. The molecule has 2 aromatic heterocycles. The highest BCUT2D eigenvalue weighted by Crippen LogP contribution is 2.27. The molecule has 3 rings (SSSR count). The molecule has 1 aromatic carbocycles. The molecule has 5 heteroatoms. The Morgan fingerprint density at radius 1 is 1.15 bits per heavy atom. The smallest absolute Gasteiger partial charge is 0.333 e. The van der Waals surface area contributed by atoms with Gasteiger partial charge in [-0.2, -0.15) is 13.9 Å². The van der Waals surface area contributed by atoms with Gasteiger partial charge in [0, 0.05) is 23.0 Å². The molecular formula is C15H15F2N3. The Bertz CT molecular complexity index is 740. The Morgan fingerprint density at radius 2 is 1.95 bits per heavy atom. The number of alkyl halides is 2. The van der Waals surface area contributed by atoms with Gasteiger partial charge in [-0.15, -0.1) is 0 Å². The van der Waals surface area contributed by atoms with E-state index in [1.165, 1.54) is 18.1 Å². The predicted molar refractivity (Wildman–Crippen MR) is 74.9 cm³/mol. The van der Waals surface area contributed by atoms with E-state index in [1.54, 1.807) is 0 Å². The molecule has 0 fully saturated rings. The Labute approximate surface area is 115 Å². The van der Waals surface area contributed by atoms with Crippen molar-refractivity contribution >= 4 is 10.9 Å². The van der Waals surface area contributed by atoms with Crippen LogP contribution in [-0.2, 0) is 0 Å². The van der Waals surface area contributed by atoms with Crippen molar-refractivity contribution in [1.82, 2.24) is 14.8 Å². The van der Waals surface area contributed by atoms with Crippen LogP contribution in [0.3, 0.4) is 0 Å². The van der Waals surface area contributed by atoms with Crippen LogP contribution >= 0.6 is 0 Å². The Hall–Kier alpha value is -2.17. The van der Waals surface area contributed by atoms with Crippen LogP contribution in [0.2, 0.25) is 0 Å². The molecule has 3 aromatic rings. The van der Waals surface area contributed by atoms with Crippen molar-refractivity contribution in [2.45, 2.75) is 26.3 Å². The fourth-order valence-corrected chi connectivity index (χ4v) is 2.23. The SMILES string of the molecule is CC(C)c1cc2ccc(-c3cnn(C(F)F)c3)cc2[nH]1. The maximum atomic E-state index is 12.5. The molecule has 0 aliphatic heterocycles. The van der Waals surface area contributed by atoms with Gasteiger partial charge in [0.05, 0.1) is 6.20 Å². The molecule has 104 valence electrons. The van der Waals surface area contributed by atoms with Crippen LogP contribution in [0.15, 0.2) is 36.7 Å². The van der Waals surface area contributed by atoms with Gasteiger partial charge in [-0.1, -0.05) is 26.0 Å². The number of H-pyrrole nitrogens is 1. The summed E-state index contributed by atoms with van der Waals surface area (Å²) in [5.41, 5.74) is 3.74. The zero-order valence-corrected chi connectivity index (χ0v) is 11.3. The molecule has 0 aliphatic carbocycles. The van der Waals surface area contributed by atoms with Crippen LogP contribution in [-0.4, -0.2) is 14.8 Å². The van der Waals surface area contributed by atoms with Crippen molar-refractivity contribution in [2.75, 3.05) is 0 Å². The maximum Gasteiger partial charge on any atom is 0.333 e. The first kappa shape index (κ1) is 12.8. The lowest BCUT2D eigenvalue weighted by Crippen LogP contribution is -1.96. The number of halogens is 2. The van der Waals surface area contributed by atoms with E-state index in [1.807, 2.05) is 18.2 Å². The van der Waals surface area contributed by atoms with Gasteiger partial charge in [0.1, 0.15) is 0 Å². The van der Waals surface area contributed by atoms with E-state index in [2.05, 4.69) is 30.0 Å². The monoisotopic (exact) mass is 275 g/mol. The van der Waals surface area contributed by atoms with Gasteiger partial charge in [0.2, 0.25) is 0 Å². The predicted octanol–water partition coefficient (Wildman–Crippen LogP) is 4.55. The number of nitrogens with zero attached hydrogens (tertiary/aromatic N) is 2. The Morgan fingerprint density at radius 3 is 2.60 bits per heavy atom. The van der Waals surface area contributed by atoms with Crippen molar-refractivity contribution in [3.63, 3.8) is 0 Å². The third-order valence-electron chi connectivity index (χ3n) is 3.40. The first-order valence-electron chi connectivity index (χ1n) is 6.50. The summed E-state index contributed by atoms with van der Waals surface area (Å²) in [7, 11) is 0. The summed E-state index contributed by atoms with van der Waals surface area (Å²) in [6.07, 6.45) is 2.82. The average molecular weight is 275 g/mol. The average Bonchev–Trinajstić information content (AvgIpc) is 3.04. The van der Waals surface area contributed by atoms with E-state index in [0.717, 1.165) is 16.5 Å². The van der Waals surface area contributed by atoms with Crippen LogP contribution in [0, 0.1) is 0 Å². The minimum Gasteiger partial charge on any atom is -0.358 e. The van der Waals surface area contributed by atoms with E-state index < -0.39 is 6.55 Å².